The third kappa shape index (κ3) is 4.51. The highest BCUT2D eigenvalue weighted by atomic mass is 32.1. The average molecular weight is 426 g/mol. The zero-order chi connectivity index (χ0) is 21.1. The van der Waals surface area contributed by atoms with Crippen molar-refractivity contribution >= 4 is 32.6 Å². The minimum Gasteiger partial charge on any atom is -0.494 e. The van der Waals surface area contributed by atoms with Crippen molar-refractivity contribution in [1.29, 1.82) is 0 Å². The number of hydrogen-bond donors (Lipinski definition) is 0. The van der Waals surface area contributed by atoms with E-state index in [-0.39, 0.29) is 12.5 Å². The molecule has 30 heavy (non-hydrogen) atoms. The lowest BCUT2D eigenvalue weighted by Crippen LogP contribution is -2.50. The number of benzene rings is 2. The molecule has 2 aromatic carbocycles. The first-order valence-electron chi connectivity index (χ1n) is 10.3. The third-order valence-electron chi connectivity index (χ3n) is 5.22. The van der Waals surface area contributed by atoms with E-state index in [2.05, 4.69) is 30.9 Å². The van der Waals surface area contributed by atoms with E-state index < -0.39 is 0 Å². The Morgan fingerprint density at radius 3 is 2.37 bits per heavy atom. The van der Waals surface area contributed by atoms with Gasteiger partial charge in [0, 0.05) is 26.2 Å². The normalized spacial score (nSPS) is 14.2. The second-order valence-corrected chi connectivity index (χ2v) is 8.50. The smallest absolute Gasteiger partial charge is 0.260 e. The Labute approximate surface area is 181 Å². The van der Waals surface area contributed by atoms with Crippen LogP contribution in [0.3, 0.4) is 0 Å². The van der Waals surface area contributed by atoms with Crippen LogP contribution in [0.1, 0.15) is 18.1 Å². The molecule has 1 fully saturated rings. The molecule has 0 saturated carbocycles. The summed E-state index contributed by atoms with van der Waals surface area (Å²) in [4.78, 5) is 21.5. The molecule has 7 heteroatoms. The molecular weight excluding hydrogens is 398 g/mol. The molecule has 0 spiro atoms. The monoisotopic (exact) mass is 425 g/mol. The van der Waals surface area contributed by atoms with E-state index in [0.29, 0.717) is 25.4 Å². The van der Waals surface area contributed by atoms with E-state index in [4.69, 9.17) is 14.5 Å². The molecule has 1 saturated heterocycles. The average Bonchev–Trinajstić information content (AvgIpc) is 3.18. The maximum absolute atomic E-state index is 12.6. The van der Waals surface area contributed by atoms with Gasteiger partial charge in [-0.15, -0.1) is 0 Å². The summed E-state index contributed by atoms with van der Waals surface area (Å²) < 4.78 is 12.3. The fourth-order valence-electron chi connectivity index (χ4n) is 3.68. The number of carbonyl (C=O) groups excluding carboxylic acids is 1. The van der Waals surface area contributed by atoms with Crippen LogP contribution >= 0.6 is 11.3 Å². The van der Waals surface area contributed by atoms with E-state index in [9.17, 15) is 4.79 Å². The molecule has 0 N–H and O–H groups in total. The lowest BCUT2D eigenvalue weighted by molar-refractivity contribution is -0.133. The van der Waals surface area contributed by atoms with Crippen LogP contribution in [0.5, 0.6) is 11.5 Å². The minimum atomic E-state index is 0.0132. The SMILES string of the molecule is CCOc1ccc(OCC(=O)N2CCN(c3nc4c(C)cc(C)cc4s3)CC2)cc1. The van der Waals surface area contributed by atoms with Gasteiger partial charge in [-0.3, -0.25) is 4.79 Å². The molecule has 0 unspecified atom stereocenters. The number of carbonyl (C=O) groups is 1. The molecule has 0 bridgehead atoms. The van der Waals surface area contributed by atoms with Gasteiger partial charge in [0.05, 0.1) is 16.8 Å². The summed E-state index contributed by atoms with van der Waals surface area (Å²) >= 11 is 1.73. The standard InChI is InChI=1S/C23H27N3O3S/c1-4-28-18-5-7-19(8-6-18)29-15-21(27)25-9-11-26(12-10-25)23-24-22-17(3)13-16(2)14-20(22)30-23/h5-8,13-14H,4,9-12,15H2,1-3H3. The fraction of sp³-hybridized carbons (Fsp3) is 0.391. The van der Waals surface area contributed by atoms with Crippen molar-refractivity contribution in [3.8, 4) is 11.5 Å². The van der Waals surface area contributed by atoms with Crippen LogP contribution in [-0.4, -0.2) is 55.2 Å². The van der Waals surface area contributed by atoms with Crippen molar-refractivity contribution in [2.24, 2.45) is 0 Å². The number of hydrogen-bond acceptors (Lipinski definition) is 6. The number of ether oxygens (including phenoxy) is 2. The zero-order valence-corrected chi connectivity index (χ0v) is 18.5. The Morgan fingerprint density at radius 2 is 1.70 bits per heavy atom. The Morgan fingerprint density at radius 1 is 1.03 bits per heavy atom. The fourth-order valence-corrected chi connectivity index (χ4v) is 4.87. The predicted molar refractivity (Wildman–Crippen MR) is 121 cm³/mol. The summed E-state index contributed by atoms with van der Waals surface area (Å²) in [5.41, 5.74) is 3.56. The highest BCUT2D eigenvalue weighted by Gasteiger charge is 2.23. The van der Waals surface area contributed by atoms with Gasteiger partial charge in [0.1, 0.15) is 11.5 Å². The van der Waals surface area contributed by atoms with E-state index in [1.165, 1.54) is 15.8 Å². The number of piperazine rings is 1. The van der Waals surface area contributed by atoms with Crippen LogP contribution in [0.15, 0.2) is 36.4 Å². The largest absolute Gasteiger partial charge is 0.494 e. The summed E-state index contributed by atoms with van der Waals surface area (Å²) in [6, 6.07) is 11.7. The molecule has 1 aromatic heterocycles. The van der Waals surface area contributed by atoms with Gasteiger partial charge in [-0.25, -0.2) is 4.98 Å². The predicted octanol–water partition coefficient (Wildman–Crippen LogP) is 4.04. The van der Waals surface area contributed by atoms with Crippen LogP contribution in [0.2, 0.25) is 0 Å². The number of amides is 1. The van der Waals surface area contributed by atoms with Crippen LogP contribution in [0.4, 0.5) is 5.13 Å². The van der Waals surface area contributed by atoms with Gasteiger partial charge in [0.25, 0.3) is 5.91 Å². The Bertz CT molecular complexity index is 1020. The van der Waals surface area contributed by atoms with Gasteiger partial charge in [0.15, 0.2) is 11.7 Å². The van der Waals surface area contributed by atoms with Crippen molar-refractivity contribution < 1.29 is 14.3 Å². The van der Waals surface area contributed by atoms with Crippen molar-refractivity contribution in [3.05, 3.63) is 47.5 Å². The first kappa shape index (κ1) is 20.5. The number of rotatable bonds is 6. The van der Waals surface area contributed by atoms with Crippen molar-refractivity contribution in [2.75, 3.05) is 44.3 Å². The van der Waals surface area contributed by atoms with Crippen molar-refractivity contribution in [3.63, 3.8) is 0 Å². The second kappa shape index (κ2) is 8.92. The lowest BCUT2D eigenvalue weighted by Gasteiger charge is -2.34. The van der Waals surface area contributed by atoms with E-state index in [1.54, 1.807) is 11.3 Å². The molecule has 0 atom stereocenters. The summed E-state index contributed by atoms with van der Waals surface area (Å²) in [7, 11) is 0. The van der Waals surface area contributed by atoms with Gasteiger partial charge in [-0.05, 0) is 62.2 Å². The number of fused-ring (bicyclic) bond motifs is 1. The van der Waals surface area contributed by atoms with Crippen LogP contribution in [0.25, 0.3) is 10.2 Å². The van der Waals surface area contributed by atoms with Crippen LogP contribution in [-0.2, 0) is 4.79 Å². The lowest BCUT2D eigenvalue weighted by atomic mass is 10.1. The maximum atomic E-state index is 12.6. The molecular formula is C23H27N3O3S. The molecule has 1 aliphatic rings. The first-order chi connectivity index (χ1) is 14.5. The van der Waals surface area contributed by atoms with Crippen LogP contribution in [0, 0.1) is 13.8 Å². The van der Waals surface area contributed by atoms with Gasteiger partial charge in [0.2, 0.25) is 0 Å². The Kier molecular flexibility index (Phi) is 6.08. The molecule has 4 rings (SSSR count). The summed E-state index contributed by atoms with van der Waals surface area (Å²) in [6.07, 6.45) is 0. The zero-order valence-electron chi connectivity index (χ0n) is 17.7. The molecule has 158 valence electrons. The topological polar surface area (TPSA) is 54.9 Å². The third-order valence-corrected chi connectivity index (χ3v) is 6.28. The number of thiazole rings is 1. The molecule has 6 nitrogen and oxygen atoms in total. The summed E-state index contributed by atoms with van der Waals surface area (Å²) in [5, 5.41) is 1.04. The molecule has 3 aromatic rings. The molecule has 1 amide bonds. The number of aryl methyl sites for hydroxylation is 2. The summed E-state index contributed by atoms with van der Waals surface area (Å²) in [6.45, 7) is 9.78. The van der Waals surface area contributed by atoms with Gasteiger partial charge < -0.3 is 19.3 Å². The van der Waals surface area contributed by atoms with Gasteiger partial charge >= 0.3 is 0 Å². The minimum absolute atomic E-state index is 0.0132. The molecule has 1 aliphatic heterocycles. The highest BCUT2D eigenvalue weighted by Crippen LogP contribution is 2.32. The van der Waals surface area contributed by atoms with Crippen molar-refractivity contribution in [1.82, 2.24) is 9.88 Å². The van der Waals surface area contributed by atoms with E-state index >= 15 is 0 Å². The van der Waals surface area contributed by atoms with Gasteiger partial charge in [-0.1, -0.05) is 17.4 Å². The van der Waals surface area contributed by atoms with Gasteiger partial charge in [-0.2, -0.15) is 0 Å². The number of anilines is 1. The number of nitrogens with zero attached hydrogens (tertiary/aromatic N) is 3. The van der Waals surface area contributed by atoms with Crippen molar-refractivity contribution in [2.45, 2.75) is 20.8 Å². The maximum Gasteiger partial charge on any atom is 0.260 e. The second-order valence-electron chi connectivity index (χ2n) is 7.49. The Balaban J connectivity index is 1.30. The molecule has 2 heterocycles. The summed E-state index contributed by atoms with van der Waals surface area (Å²) in [5.74, 6) is 1.48. The number of aromatic nitrogens is 1. The molecule has 0 aliphatic carbocycles. The Hall–Kier alpha value is -2.80. The van der Waals surface area contributed by atoms with E-state index in [1.807, 2.05) is 36.1 Å². The van der Waals surface area contributed by atoms with E-state index in [0.717, 1.165) is 29.5 Å². The highest BCUT2D eigenvalue weighted by molar-refractivity contribution is 7.22. The quantitative estimate of drug-likeness (QED) is 0.597. The first-order valence-corrected chi connectivity index (χ1v) is 11.1. The molecule has 0 radical (unpaired) electrons. The van der Waals surface area contributed by atoms with Crippen LogP contribution < -0.4 is 14.4 Å².